The molecule has 0 aliphatic carbocycles. The number of primary amides is 1. The SMILES string of the molecule is Cl.NC(=O)c1cc(Cl)c2cc(-c3cc4c(s3)CNCC4)cnn12. The first-order valence-corrected chi connectivity index (χ1v) is 8.12. The molecule has 0 saturated heterocycles. The summed E-state index contributed by atoms with van der Waals surface area (Å²) in [6.07, 6.45) is 2.81. The summed E-state index contributed by atoms with van der Waals surface area (Å²) >= 11 is 7.98. The van der Waals surface area contributed by atoms with E-state index in [1.165, 1.54) is 19.8 Å². The number of fused-ring (bicyclic) bond motifs is 2. The number of nitrogens with zero attached hydrogens (tertiary/aromatic N) is 2. The molecular weight excluding hydrogens is 355 g/mol. The van der Waals surface area contributed by atoms with Gasteiger partial charge in [-0.3, -0.25) is 4.79 Å². The Morgan fingerprint density at radius 3 is 2.96 bits per heavy atom. The molecule has 1 aliphatic rings. The molecule has 1 amide bonds. The van der Waals surface area contributed by atoms with Crippen LogP contribution in [-0.4, -0.2) is 22.1 Å². The van der Waals surface area contributed by atoms with Crippen molar-refractivity contribution in [3.05, 3.63) is 45.6 Å². The number of hydrogen-bond acceptors (Lipinski definition) is 4. The van der Waals surface area contributed by atoms with Crippen LogP contribution in [0.25, 0.3) is 16.0 Å². The van der Waals surface area contributed by atoms with Gasteiger partial charge in [-0.2, -0.15) is 5.10 Å². The Labute approximate surface area is 147 Å². The molecule has 0 saturated carbocycles. The summed E-state index contributed by atoms with van der Waals surface area (Å²) in [6, 6.07) is 5.73. The molecule has 0 aromatic carbocycles. The van der Waals surface area contributed by atoms with E-state index >= 15 is 0 Å². The van der Waals surface area contributed by atoms with E-state index in [0.717, 1.165) is 25.1 Å². The lowest BCUT2D eigenvalue weighted by atomic mass is 10.1. The number of halogens is 2. The minimum absolute atomic E-state index is 0. The maximum atomic E-state index is 11.4. The molecule has 1 aliphatic heterocycles. The molecule has 8 heteroatoms. The Kier molecular flexibility index (Phi) is 4.33. The summed E-state index contributed by atoms with van der Waals surface area (Å²) in [5, 5.41) is 8.18. The number of aromatic nitrogens is 2. The van der Waals surface area contributed by atoms with Crippen molar-refractivity contribution in [3.8, 4) is 10.4 Å². The number of amides is 1. The molecule has 3 aromatic rings. The van der Waals surface area contributed by atoms with Gasteiger partial charge in [-0.25, -0.2) is 4.52 Å². The highest BCUT2D eigenvalue weighted by Crippen LogP contribution is 2.34. The van der Waals surface area contributed by atoms with E-state index in [4.69, 9.17) is 17.3 Å². The fourth-order valence-corrected chi connectivity index (χ4v) is 4.15. The van der Waals surface area contributed by atoms with E-state index < -0.39 is 5.91 Å². The molecule has 0 spiro atoms. The van der Waals surface area contributed by atoms with Gasteiger partial charge in [0.05, 0.1) is 16.7 Å². The normalized spacial score (nSPS) is 13.6. The molecule has 0 unspecified atom stereocenters. The summed E-state index contributed by atoms with van der Waals surface area (Å²) in [5.74, 6) is -0.542. The number of nitrogens with one attached hydrogen (secondary N) is 1. The Morgan fingerprint density at radius 2 is 2.22 bits per heavy atom. The van der Waals surface area contributed by atoms with Crippen molar-refractivity contribution in [3.63, 3.8) is 0 Å². The fourth-order valence-electron chi connectivity index (χ4n) is 2.75. The van der Waals surface area contributed by atoms with Gasteiger partial charge in [0.15, 0.2) is 0 Å². The second-order valence-corrected chi connectivity index (χ2v) is 6.81. The molecule has 5 nitrogen and oxygen atoms in total. The molecule has 0 fully saturated rings. The summed E-state index contributed by atoms with van der Waals surface area (Å²) in [4.78, 5) is 14.0. The average Bonchev–Trinajstić information content (AvgIpc) is 3.08. The second kappa shape index (κ2) is 6.13. The van der Waals surface area contributed by atoms with E-state index in [1.54, 1.807) is 23.6 Å². The standard InChI is InChI=1S/C15H13ClN4OS.ClH/c16-10-5-12(15(17)21)20-11(10)3-9(6-19-20)13-4-8-1-2-18-7-14(8)22-13;/h3-6,18H,1-2,7H2,(H2,17,21);1H. The van der Waals surface area contributed by atoms with Crippen LogP contribution in [0.3, 0.4) is 0 Å². The van der Waals surface area contributed by atoms with Crippen molar-refractivity contribution < 1.29 is 4.79 Å². The van der Waals surface area contributed by atoms with Gasteiger partial charge in [0.25, 0.3) is 5.91 Å². The lowest BCUT2D eigenvalue weighted by Crippen LogP contribution is -2.21. The van der Waals surface area contributed by atoms with E-state index in [2.05, 4.69) is 16.5 Å². The zero-order valence-electron chi connectivity index (χ0n) is 12.0. The maximum Gasteiger partial charge on any atom is 0.267 e. The van der Waals surface area contributed by atoms with Gasteiger partial charge in [0.2, 0.25) is 0 Å². The number of rotatable bonds is 2. The van der Waals surface area contributed by atoms with Gasteiger partial charge < -0.3 is 11.1 Å². The van der Waals surface area contributed by atoms with Crippen molar-refractivity contribution in [2.45, 2.75) is 13.0 Å². The van der Waals surface area contributed by atoms with Crippen LogP contribution >= 0.6 is 35.3 Å². The molecule has 0 radical (unpaired) electrons. The van der Waals surface area contributed by atoms with Crippen LogP contribution in [0.1, 0.15) is 20.9 Å². The zero-order chi connectivity index (χ0) is 15.3. The third-order valence-corrected chi connectivity index (χ3v) is 5.39. The Morgan fingerprint density at radius 1 is 1.39 bits per heavy atom. The van der Waals surface area contributed by atoms with E-state index in [1.807, 2.05) is 6.07 Å². The number of carbonyl (C=O) groups excluding carboxylic acids is 1. The van der Waals surface area contributed by atoms with Crippen LogP contribution in [0.4, 0.5) is 0 Å². The predicted octanol–water partition coefficient (Wildman–Crippen LogP) is 2.88. The summed E-state index contributed by atoms with van der Waals surface area (Å²) in [6.45, 7) is 1.94. The topological polar surface area (TPSA) is 72.4 Å². The molecule has 0 bridgehead atoms. The minimum Gasteiger partial charge on any atom is -0.364 e. The third-order valence-electron chi connectivity index (χ3n) is 3.86. The number of nitrogens with two attached hydrogens (primary N) is 1. The maximum absolute atomic E-state index is 11.4. The number of thiophene rings is 1. The lowest BCUT2D eigenvalue weighted by Gasteiger charge is -2.10. The molecule has 3 aromatic heterocycles. The highest BCUT2D eigenvalue weighted by atomic mass is 35.5. The lowest BCUT2D eigenvalue weighted by molar-refractivity contribution is 0.0993. The van der Waals surface area contributed by atoms with Crippen LogP contribution < -0.4 is 11.1 Å². The van der Waals surface area contributed by atoms with Crippen molar-refractivity contribution in [1.29, 1.82) is 0 Å². The van der Waals surface area contributed by atoms with Gasteiger partial charge in [0.1, 0.15) is 5.69 Å². The van der Waals surface area contributed by atoms with Crippen LogP contribution in [-0.2, 0) is 13.0 Å². The fraction of sp³-hybridized carbons (Fsp3) is 0.200. The Bertz CT molecular complexity index is 879. The molecule has 120 valence electrons. The van der Waals surface area contributed by atoms with Crippen LogP contribution in [0.5, 0.6) is 0 Å². The summed E-state index contributed by atoms with van der Waals surface area (Å²) in [5.41, 5.74) is 8.73. The molecule has 4 rings (SSSR count). The summed E-state index contributed by atoms with van der Waals surface area (Å²) in [7, 11) is 0. The molecular formula is C15H14Cl2N4OS. The quantitative estimate of drug-likeness (QED) is 0.730. The van der Waals surface area contributed by atoms with Crippen molar-refractivity contribution in [1.82, 2.24) is 14.9 Å². The van der Waals surface area contributed by atoms with Gasteiger partial charge in [0, 0.05) is 21.9 Å². The monoisotopic (exact) mass is 368 g/mol. The zero-order valence-corrected chi connectivity index (χ0v) is 14.4. The molecule has 23 heavy (non-hydrogen) atoms. The van der Waals surface area contributed by atoms with E-state index in [-0.39, 0.29) is 12.4 Å². The predicted molar refractivity (Wildman–Crippen MR) is 94.7 cm³/mol. The van der Waals surface area contributed by atoms with Gasteiger partial charge in [-0.05, 0) is 36.7 Å². The van der Waals surface area contributed by atoms with E-state index in [0.29, 0.717) is 16.2 Å². The first kappa shape index (κ1) is 16.3. The minimum atomic E-state index is -0.542. The van der Waals surface area contributed by atoms with Crippen LogP contribution in [0.15, 0.2) is 24.4 Å². The molecule has 4 heterocycles. The first-order valence-electron chi connectivity index (χ1n) is 6.93. The highest BCUT2D eigenvalue weighted by Gasteiger charge is 2.17. The van der Waals surface area contributed by atoms with Gasteiger partial charge >= 0.3 is 0 Å². The third kappa shape index (κ3) is 2.72. The van der Waals surface area contributed by atoms with Gasteiger partial charge in [-0.15, -0.1) is 23.7 Å². The second-order valence-electron chi connectivity index (χ2n) is 5.27. The van der Waals surface area contributed by atoms with Crippen molar-refractivity contribution in [2.24, 2.45) is 5.73 Å². The Hall–Kier alpha value is -1.60. The van der Waals surface area contributed by atoms with Crippen LogP contribution in [0, 0.1) is 0 Å². The smallest absolute Gasteiger partial charge is 0.267 e. The Balaban J connectivity index is 0.00000156. The highest BCUT2D eigenvalue weighted by molar-refractivity contribution is 7.15. The first-order chi connectivity index (χ1) is 10.6. The average molecular weight is 369 g/mol. The number of carbonyl (C=O) groups is 1. The largest absolute Gasteiger partial charge is 0.364 e. The summed E-state index contributed by atoms with van der Waals surface area (Å²) < 4.78 is 1.49. The van der Waals surface area contributed by atoms with Gasteiger partial charge in [-0.1, -0.05) is 11.6 Å². The molecule has 0 atom stereocenters. The van der Waals surface area contributed by atoms with Crippen LogP contribution in [0.2, 0.25) is 5.02 Å². The molecule has 3 N–H and O–H groups in total. The van der Waals surface area contributed by atoms with Crippen molar-refractivity contribution in [2.75, 3.05) is 6.54 Å². The number of hydrogen-bond donors (Lipinski definition) is 2. The van der Waals surface area contributed by atoms with E-state index in [9.17, 15) is 4.79 Å². The van der Waals surface area contributed by atoms with Crippen molar-refractivity contribution >= 4 is 46.8 Å².